The van der Waals surface area contributed by atoms with Gasteiger partial charge in [-0.1, -0.05) is 73.8 Å². The van der Waals surface area contributed by atoms with E-state index in [2.05, 4.69) is 31.9 Å². The van der Waals surface area contributed by atoms with Crippen molar-refractivity contribution in [3.05, 3.63) is 98.4 Å². The smallest absolute Gasteiger partial charge is 0.179 e. The minimum absolute atomic E-state index is 0.217. The van der Waals surface area contributed by atoms with E-state index in [0.29, 0.717) is 11.1 Å². The molecule has 0 bridgehead atoms. The van der Waals surface area contributed by atoms with Crippen molar-refractivity contribution in [2.24, 2.45) is 0 Å². The van der Waals surface area contributed by atoms with Crippen molar-refractivity contribution >= 4 is 47.5 Å². The summed E-state index contributed by atoms with van der Waals surface area (Å²) in [5.74, 6) is -1.29. The van der Waals surface area contributed by atoms with Crippen molar-refractivity contribution in [1.29, 1.82) is 0 Å². The minimum atomic E-state index is -3.64. The number of carbonyl (C=O) groups excluding carboxylic acids is 1. The number of hydrogen-bond acceptors (Lipinski definition) is 3. The summed E-state index contributed by atoms with van der Waals surface area (Å²) >= 11 is 6.74. The highest BCUT2D eigenvalue weighted by Crippen LogP contribution is 2.28. The van der Waals surface area contributed by atoms with Gasteiger partial charge in [0.15, 0.2) is 15.6 Å². The van der Waals surface area contributed by atoms with Gasteiger partial charge in [-0.2, -0.15) is 0 Å². The number of Topliss-reactive ketones (excluding diaryl/α,β-unsaturated/α-hetero) is 1. The molecule has 28 heavy (non-hydrogen) atoms. The molecule has 3 rings (SSSR count). The van der Waals surface area contributed by atoms with Gasteiger partial charge in [-0.15, -0.1) is 0 Å². The van der Waals surface area contributed by atoms with Crippen molar-refractivity contribution in [1.82, 2.24) is 0 Å². The number of halogens is 2. The summed E-state index contributed by atoms with van der Waals surface area (Å²) in [6.45, 7) is 1.90. The molecule has 0 aliphatic carbocycles. The van der Waals surface area contributed by atoms with Crippen LogP contribution >= 0.6 is 31.9 Å². The fourth-order valence-electron chi connectivity index (χ4n) is 2.89. The lowest BCUT2D eigenvalue weighted by Gasteiger charge is -2.17. The second-order valence-electron chi connectivity index (χ2n) is 6.57. The first-order chi connectivity index (χ1) is 13.3. The molecule has 0 heterocycles. The fourth-order valence-corrected chi connectivity index (χ4v) is 4.95. The van der Waals surface area contributed by atoms with Crippen LogP contribution in [0.2, 0.25) is 0 Å². The summed E-state index contributed by atoms with van der Waals surface area (Å²) in [5, 5.41) is 0. The molecule has 0 saturated carbocycles. The second-order valence-corrected chi connectivity index (χ2v) is 10.4. The Kier molecular flexibility index (Phi) is 6.53. The highest BCUT2D eigenvalue weighted by molar-refractivity contribution is 9.10. The van der Waals surface area contributed by atoms with Gasteiger partial charge >= 0.3 is 0 Å². The Labute approximate surface area is 182 Å². The first kappa shape index (κ1) is 21.0. The van der Waals surface area contributed by atoms with E-state index in [9.17, 15) is 13.2 Å². The van der Waals surface area contributed by atoms with Gasteiger partial charge in [-0.3, -0.25) is 4.79 Å². The van der Waals surface area contributed by atoms with Crippen molar-refractivity contribution in [3.63, 3.8) is 0 Å². The van der Waals surface area contributed by atoms with Crippen LogP contribution in [-0.4, -0.2) is 20.0 Å². The van der Waals surface area contributed by atoms with E-state index < -0.39 is 15.8 Å². The largest absolute Gasteiger partial charge is 0.293 e. The van der Waals surface area contributed by atoms with E-state index in [1.807, 2.05) is 19.1 Å². The number of sulfone groups is 1. The highest BCUT2D eigenvalue weighted by atomic mass is 79.9. The Balaban J connectivity index is 2.00. The van der Waals surface area contributed by atoms with E-state index in [1.165, 1.54) is 0 Å². The maximum Gasteiger partial charge on any atom is 0.179 e. The molecule has 0 N–H and O–H groups in total. The topological polar surface area (TPSA) is 51.2 Å². The summed E-state index contributed by atoms with van der Waals surface area (Å²) < 4.78 is 27.8. The lowest BCUT2D eigenvalue weighted by atomic mass is 9.92. The Morgan fingerprint density at radius 1 is 0.821 bits per heavy atom. The molecule has 1 atom stereocenters. The molecule has 3 aromatic carbocycles. The quantitative estimate of drug-likeness (QED) is 0.376. The lowest BCUT2D eigenvalue weighted by molar-refractivity contribution is 0.0967. The van der Waals surface area contributed by atoms with Crippen LogP contribution in [0.15, 0.2) is 86.6 Å². The van der Waals surface area contributed by atoms with Crippen molar-refractivity contribution in [3.8, 4) is 0 Å². The number of carbonyl (C=O) groups is 1. The molecule has 3 aromatic rings. The number of rotatable bonds is 6. The predicted molar refractivity (Wildman–Crippen MR) is 119 cm³/mol. The maximum absolute atomic E-state index is 13.2. The van der Waals surface area contributed by atoms with Crippen LogP contribution < -0.4 is 0 Å². The third-order valence-electron chi connectivity index (χ3n) is 4.48. The van der Waals surface area contributed by atoms with Crippen molar-refractivity contribution in [2.45, 2.75) is 17.7 Å². The Hall–Kier alpha value is -1.76. The van der Waals surface area contributed by atoms with Gasteiger partial charge < -0.3 is 0 Å². The second kappa shape index (κ2) is 8.72. The average Bonchev–Trinajstić information content (AvgIpc) is 2.67. The molecule has 6 heteroatoms. The number of hydrogen-bond donors (Lipinski definition) is 0. The number of aryl methyl sites for hydroxylation is 1. The molecule has 0 amide bonds. The molecule has 144 valence electrons. The molecule has 3 nitrogen and oxygen atoms in total. The Morgan fingerprint density at radius 3 is 1.86 bits per heavy atom. The van der Waals surface area contributed by atoms with Gasteiger partial charge in [0.1, 0.15) is 0 Å². The van der Waals surface area contributed by atoms with Crippen molar-refractivity contribution < 1.29 is 13.2 Å². The van der Waals surface area contributed by atoms with Crippen molar-refractivity contribution in [2.75, 3.05) is 5.75 Å². The normalized spacial score (nSPS) is 12.5. The van der Waals surface area contributed by atoms with Gasteiger partial charge in [-0.25, -0.2) is 8.42 Å². The van der Waals surface area contributed by atoms with Gasteiger partial charge in [0, 0.05) is 14.5 Å². The number of benzene rings is 3. The summed E-state index contributed by atoms with van der Waals surface area (Å²) in [6, 6.07) is 20.9. The standard InChI is InChI=1S/C22H18Br2O3S/c1-15-2-12-20(13-3-15)28(26,27)14-21(16-4-8-18(23)9-5-16)22(25)17-6-10-19(24)11-7-17/h2-13,21H,14H2,1H3. The van der Waals surface area contributed by atoms with Crippen LogP contribution in [0.4, 0.5) is 0 Å². The van der Waals surface area contributed by atoms with Crippen LogP contribution in [0.25, 0.3) is 0 Å². The van der Waals surface area contributed by atoms with E-state index in [4.69, 9.17) is 0 Å². The van der Waals surface area contributed by atoms with E-state index >= 15 is 0 Å². The molecule has 0 aliphatic heterocycles. The predicted octanol–water partition coefficient (Wildman–Crippen LogP) is 5.96. The molecule has 0 saturated heterocycles. The molecule has 0 fully saturated rings. The average molecular weight is 522 g/mol. The molecule has 0 radical (unpaired) electrons. The third-order valence-corrected chi connectivity index (χ3v) is 7.30. The molecular weight excluding hydrogens is 504 g/mol. The zero-order valence-corrected chi connectivity index (χ0v) is 19.1. The zero-order valence-electron chi connectivity index (χ0n) is 15.1. The number of ketones is 1. The summed E-state index contributed by atoms with van der Waals surface area (Å²) in [7, 11) is -3.64. The third kappa shape index (κ3) is 4.99. The molecular formula is C22H18Br2O3S. The van der Waals surface area contributed by atoms with Gasteiger partial charge in [0.25, 0.3) is 0 Å². The highest BCUT2D eigenvalue weighted by Gasteiger charge is 2.29. The first-order valence-corrected chi connectivity index (χ1v) is 11.8. The van der Waals surface area contributed by atoms with E-state index in [1.54, 1.807) is 60.7 Å². The molecule has 0 aliphatic rings. The van der Waals surface area contributed by atoms with Crippen LogP contribution in [-0.2, 0) is 9.84 Å². The molecule has 0 spiro atoms. The zero-order chi connectivity index (χ0) is 20.3. The van der Waals surface area contributed by atoms with Crippen LogP contribution in [0.5, 0.6) is 0 Å². The van der Waals surface area contributed by atoms with Gasteiger partial charge in [0.05, 0.1) is 16.6 Å². The summed E-state index contributed by atoms with van der Waals surface area (Å²) in [5.41, 5.74) is 2.14. The molecule has 1 unspecified atom stereocenters. The summed E-state index contributed by atoms with van der Waals surface area (Å²) in [4.78, 5) is 13.4. The van der Waals surface area contributed by atoms with Gasteiger partial charge in [0.2, 0.25) is 0 Å². The van der Waals surface area contributed by atoms with Crippen LogP contribution in [0, 0.1) is 6.92 Å². The maximum atomic E-state index is 13.2. The first-order valence-electron chi connectivity index (χ1n) is 8.61. The summed E-state index contributed by atoms with van der Waals surface area (Å²) in [6.07, 6.45) is 0. The Morgan fingerprint density at radius 2 is 1.32 bits per heavy atom. The fraction of sp³-hybridized carbons (Fsp3) is 0.136. The SMILES string of the molecule is Cc1ccc(S(=O)(=O)CC(C(=O)c2ccc(Br)cc2)c2ccc(Br)cc2)cc1. The van der Waals surface area contributed by atoms with Gasteiger partial charge in [-0.05, 0) is 48.9 Å². The van der Waals surface area contributed by atoms with E-state index in [0.717, 1.165) is 14.5 Å². The van der Waals surface area contributed by atoms with Crippen LogP contribution in [0.3, 0.4) is 0 Å². The minimum Gasteiger partial charge on any atom is -0.293 e. The monoisotopic (exact) mass is 520 g/mol. The lowest BCUT2D eigenvalue weighted by Crippen LogP contribution is -2.23. The van der Waals surface area contributed by atoms with E-state index in [-0.39, 0.29) is 16.4 Å². The molecule has 0 aromatic heterocycles. The Bertz CT molecular complexity index is 1070. The van der Waals surface area contributed by atoms with Crippen LogP contribution in [0.1, 0.15) is 27.4 Å².